The highest BCUT2D eigenvalue weighted by Crippen LogP contribution is 2.38. The Labute approximate surface area is 250 Å². The van der Waals surface area contributed by atoms with E-state index in [4.69, 9.17) is 24.8 Å². The number of alkyl carbamates (subject to hydrolysis) is 1. The number of amides is 2. The van der Waals surface area contributed by atoms with Gasteiger partial charge in [-0.05, 0) is 58.6 Å². The number of carbonyl (C=O) groups excluding carboxylic acids is 2. The van der Waals surface area contributed by atoms with Crippen molar-refractivity contribution >= 4 is 23.5 Å². The number of methoxy groups -OCH3 is 1. The van der Waals surface area contributed by atoms with E-state index < -0.39 is 23.2 Å². The summed E-state index contributed by atoms with van der Waals surface area (Å²) < 4.78 is 32.8. The van der Waals surface area contributed by atoms with Gasteiger partial charge in [0.2, 0.25) is 4.90 Å². The molecule has 0 bridgehead atoms. The van der Waals surface area contributed by atoms with Crippen molar-refractivity contribution in [1.82, 2.24) is 20.9 Å². The minimum absolute atomic E-state index is 0.0681. The van der Waals surface area contributed by atoms with Crippen LogP contribution >= 0.6 is 0 Å². The van der Waals surface area contributed by atoms with Crippen LogP contribution in [0.1, 0.15) is 74.9 Å². The number of pyridine rings is 1. The highest BCUT2D eigenvalue weighted by atomic mass is 32.2. The molecule has 1 saturated heterocycles. The molecule has 2 heterocycles. The van der Waals surface area contributed by atoms with Crippen LogP contribution in [0.4, 0.5) is 4.79 Å². The Morgan fingerprint density at radius 3 is 2.60 bits per heavy atom. The molecule has 11 nitrogen and oxygen atoms in total. The lowest BCUT2D eigenvalue weighted by Crippen LogP contribution is -2.33. The number of unbranched alkanes of at least 4 members (excludes halogenated alkanes) is 3. The van der Waals surface area contributed by atoms with Crippen molar-refractivity contribution in [3.05, 3.63) is 47.7 Å². The highest BCUT2D eigenvalue weighted by Gasteiger charge is 2.41. The summed E-state index contributed by atoms with van der Waals surface area (Å²) in [4.78, 5) is 29.0. The molecule has 1 aromatic heterocycles. The Balaban J connectivity index is 1.43. The van der Waals surface area contributed by atoms with Gasteiger partial charge in [0.1, 0.15) is 17.9 Å². The molecule has 0 spiro atoms. The van der Waals surface area contributed by atoms with Crippen LogP contribution in [0.25, 0.3) is 0 Å². The number of ether oxygens (including phenoxy) is 3. The Morgan fingerprint density at radius 1 is 1.12 bits per heavy atom. The Bertz CT molecular complexity index is 1230. The lowest BCUT2D eigenvalue weighted by Gasteiger charge is -2.19. The van der Waals surface area contributed by atoms with Crippen molar-refractivity contribution in [1.29, 1.82) is 0 Å². The fraction of sp³-hybridized carbons (Fsp3) is 0.500. The number of benzene rings is 1. The molecule has 1 aromatic carbocycles. The van der Waals surface area contributed by atoms with Crippen molar-refractivity contribution in [3.63, 3.8) is 0 Å². The number of epoxide rings is 1. The average Bonchev–Trinajstić information content (AvgIpc) is 3.73. The largest absolute Gasteiger partial charge is 0.491 e. The number of aromatic nitrogens is 1. The third kappa shape index (κ3) is 11.1. The fourth-order valence-corrected chi connectivity index (χ4v) is 4.68. The monoisotopic (exact) mass is 601 g/mol. The number of rotatable bonds is 16. The van der Waals surface area contributed by atoms with Gasteiger partial charge in [0.15, 0.2) is 5.75 Å². The third-order valence-corrected chi connectivity index (χ3v) is 6.96. The second-order valence-corrected chi connectivity index (χ2v) is 11.8. The molecule has 1 fully saturated rings. The van der Waals surface area contributed by atoms with Gasteiger partial charge < -0.3 is 24.8 Å². The van der Waals surface area contributed by atoms with E-state index in [0.717, 1.165) is 37.8 Å². The number of nitrogens with one attached hydrogen (secondary N) is 3. The molecule has 0 saturated carbocycles. The number of terminal acetylenes is 1. The van der Waals surface area contributed by atoms with Gasteiger partial charge in [-0.2, -0.15) is 0 Å². The van der Waals surface area contributed by atoms with Crippen molar-refractivity contribution in [2.75, 3.05) is 26.7 Å². The summed E-state index contributed by atoms with van der Waals surface area (Å²) in [5.41, 5.74) is 0.694. The Hall–Kier alpha value is -3.50. The molecule has 2 amide bonds. The molecule has 1 aliphatic heterocycles. The van der Waals surface area contributed by atoms with Crippen LogP contribution in [0.2, 0.25) is 0 Å². The van der Waals surface area contributed by atoms with Crippen LogP contribution in [0.5, 0.6) is 11.6 Å². The normalized spacial score (nSPS) is 16.6. The first kappa shape index (κ1) is 33.0. The van der Waals surface area contributed by atoms with Gasteiger partial charge >= 0.3 is 23.4 Å². The first-order valence-corrected chi connectivity index (χ1v) is 15.0. The summed E-state index contributed by atoms with van der Waals surface area (Å²) in [5, 5.41) is 8.87. The van der Waals surface area contributed by atoms with Crippen molar-refractivity contribution in [2.45, 2.75) is 75.7 Å². The standard InChI is InChI=1S/C30H40N4O7S/c1-6-7-9-16-32-28-25(39-28)21-13-12-14-23(18-21)42(37)41-27-24(38-5)19-22(20-34-27)26(35)31-15-10-8-11-17-33-29(36)40-30(2,3)4/h1,12-14,18-20,25,28,32,37H,7-11,15-17H2,2-5H3,(H-,31,33,35,36)/p+1. The van der Waals surface area contributed by atoms with Crippen LogP contribution in [-0.2, 0) is 20.9 Å². The van der Waals surface area contributed by atoms with Gasteiger partial charge in [-0.25, -0.2) is 14.0 Å². The van der Waals surface area contributed by atoms with E-state index in [2.05, 4.69) is 26.9 Å². The molecule has 0 radical (unpaired) electrons. The van der Waals surface area contributed by atoms with Crippen LogP contribution in [0, 0.1) is 12.3 Å². The van der Waals surface area contributed by atoms with E-state index in [1.54, 1.807) is 6.07 Å². The minimum atomic E-state index is -1.62. The number of nitrogens with zero attached hydrogens (tertiary/aromatic N) is 1. The van der Waals surface area contributed by atoms with Crippen molar-refractivity contribution in [2.24, 2.45) is 0 Å². The minimum Gasteiger partial charge on any atom is -0.491 e. The molecule has 0 aliphatic carbocycles. The smallest absolute Gasteiger partial charge is 0.407 e. The highest BCUT2D eigenvalue weighted by molar-refractivity contribution is 7.87. The van der Waals surface area contributed by atoms with Gasteiger partial charge in [-0.15, -0.1) is 16.9 Å². The molecule has 42 heavy (non-hydrogen) atoms. The maximum absolute atomic E-state index is 12.6. The predicted octanol–water partition coefficient (Wildman–Crippen LogP) is 4.36. The van der Waals surface area contributed by atoms with E-state index in [-0.39, 0.29) is 29.9 Å². The lowest BCUT2D eigenvalue weighted by atomic mass is 10.1. The van der Waals surface area contributed by atoms with Crippen LogP contribution in [0.3, 0.4) is 0 Å². The zero-order valence-corrected chi connectivity index (χ0v) is 25.4. The molecule has 12 heteroatoms. The van der Waals surface area contributed by atoms with E-state index >= 15 is 0 Å². The lowest BCUT2D eigenvalue weighted by molar-refractivity contribution is 0.0527. The van der Waals surface area contributed by atoms with Gasteiger partial charge in [-0.1, -0.05) is 12.1 Å². The second kappa shape index (κ2) is 16.2. The Morgan fingerprint density at radius 2 is 1.88 bits per heavy atom. The molecule has 1 aliphatic rings. The van der Waals surface area contributed by atoms with E-state index in [1.807, 2.05) is 39.0 Å². The van der Waals surface area contributed by atoms with Gasteiger partial charge in [0.05, 0.1) is 12.7 Å². The molecule has 4 N–H and O–H groups in total. The fourth-order valence-electron chi connectivity index (χ4n) is 3.88. The van der Waals surface area contributed by atoms with E-state index in [9.17, 15) is 14.1 Å². The zero-order chi connectivity index (χ0) is 30.5. The molecular formula is C30H41N4O7S+. The molecule has 3 rings (SSSR count). The molecule has 228 valence electrons. The SMILES string of the molecule is C#CCCCNC1OC1c1cccc([S+](O)Oc2ncc(C(=O)NCCCCCNC(=O)OC(C)(C)C)cc2OC)c1. The molecule has 2 aromatic rings. The summed E-state index contributed by atoms with van der Waals surface area (Å²) in [7, 11) is 1.44. The summed E-state index contributed by atoms with van der Waals surface area (Å²) in [5.74, 6) is 2.60. The summed E-state index contributed by atoms with van der Waals surface area (Å²) in [6.07, 6.45) is 9.96. The van der Waals surface area contributed by atoms with Crippen LogP contribution < -0.4 is 24.9 Å². The number of hydrogen-bond acceptors (Lipinski definition) is 9. The predicted molar refractivity (Wildman–Crippen MR) is 160 cm³/mol. The van der Waals surface area contributed by atoms with Gasteiger partial charge in [0.25, 0.3) is 5.91 Å². The molecule has 3 atom stereocenters. The summed E-state index contributed by atoms with van der Waals surface area (Å²) in [6, 6.07) is 8.87. The Kier molecular flexibility index (Phi) is 12.7. The zero-order valence-electron chi connectivity index (χ0n) is 24.6. The van der Waals surface area contributed by atoms with E-state index in [0.29, 0.717) is 30.0 Å². The molecule has 3 unspecified atom stereocenters. The second-order valence-electron chi connectivity index (χ2n) is 10.6. The number of carbonyl (C=O) groups is 2. The van der Waals surface area contributed by atoms with Crippen LogP contribution in [0.15, 0.2) is 41.4 Å². The number of hydrogen-bond donors (Lipinski definition) is 4. The van der Waals surface area contributed by atoms with Crippen molar-refractivity contribution in [3.8, 4) is 24.0 Å². The maximum Gasteiger partial charge on any atom is 0.407 e. The van der Waals surface area contributed by atoms with Crippen LogP contribution in [-0.4, -0.2) is 60.1 Å². The quantitative estimate of drug-likeness (QED) is 0.0955. The van der Waals surface area contributed by atoms with Gasteiger partial charge in [0, 0.05) is 43.9 Å². The topological polar surface area (TPSA) is 144 Å². The summed E-state index contributed by atoms with van der Waals surface area (Å²) >= 11 is -1.62. The first-order chi connectivity index (χ1) is 20.1. The first-order valence-electron chi connectivity index (χ1n) is 13.9. The van der Waals surface area contributed by atoms with Crippen molar-refractivity contribution < 1.29 is 32.5 Å². The van der Waals surface area contributed by atoms with Gasteiger partial charge in [-0.3, -0.25) is 10.1 Å². The molecular weight excluding hydrogens is 560 g/mol. The third-order valence-electron chi connectivity index (χ3n) is 5.99. The summed E-state index contributed by atoms with van der Waals surface area (Å²) in [6.45, 7) is 7.18. The average molecular weight is 602 g/mol. The maximum atomic E-state index is 12.6. The van der Waals surface area contributed by atoms with E-state index in [1.165, 1.54) is 19.4 Å².